The molecule has 18 heavy (non-hydrogen) atoms. The third kappa shape index (κ3) is 2.23. The summed E-state index contributed by atoms with van der Waals surface area (Å²) in [6.45, 7) is 2.03. The summed E-state index contributed by atoms with van der Waals surface area (Å²) in [6, 6.07) is 4.07. The highest BCUT2D eigenvalue weighted by Gasteiger charge is 2.38. The number of hydrogen-bond acceptors (Lipinski definition) is 3. The molecule has 1 aromatic rings. The number of rotatable bonds is 3. The number of carbonyl (C=O) groups excluding carboxylic acids is 1. The topological polar surface area (TPSA) is 38.7 Å². The van der Waals surface area contributed by atoms with E-state index in [0.717, 1.165) is 47.0 Å². The number of nitrogens with zero attached hydrogens (tertiary/aromatic N) is 1. The number of aliphatic imine (C=N–C) groups is 1. The highest BCUT2D eigenvalue weighted by atomic mass is 79.9. The highest BCUT2D eigenvalue weighted by Crippen LogP contribution is 2.47. The van der Waals surface area contributed by atoms with E-state index in [9.17, 15) is 4.79 Å². The lowest BCUT2D eigenvalue weighted by Crippen LogP contribution is -2.20. The van der Waals surface area contributed by atoms with Crippen molar-refractivity contribution < 1.29 is 9.53 Å². The van der Waals surface area contributed by atoms with Crippen molar-refractivity contribution in [2.45, 2.75) is 38.1 Å². The molecule has 0 aromatic heterocycles. The largest absolute Gasteiger partial charge is 0.495 e. The van der Waals surface area contributed by atoms with E-state index in [1.54, 1.807) is 13.2 Å². The third-order valence-corrected chi connectivity index (χ3v) is 4.17. The fraction of sp³-hybridized carbons (Fsp3) is 0.500. The number of benzene rings is 1. The summed E-state index contributed by atoms with van der Waals surface area (Å²) < 4.78 is 6.39. The molecule has 1 saturated carbocycles. The lowest BCUT2D eigenvalue weighted by Gasteiger charge is -2.26. The second-order valence-electron chi connectivity index (χ2n) is 4.77. The van der Waals surface area contributed by atoms with Crippen LogP contribution in [-0.2, 0) is 10.3 Å². The van der Waals surface area contributed by atoms with E-state index < -0.39 is 5.54 Å². The smallest absolute Gasteiger partial charge is 0.235 e. The van der Waals surface area contributed by atoms with Crippen LogP contribution in [0.15, 0.2) is 21.6 Å². The van der Waals surface area contributed by atoms with Gasteiger partial charge in [0.2, 0.25) is 6.08 Å². The fourth-order valence-electron chi connectivity index (χ4n) is 2.77. The van der Waals surface area contributed by atoms with Crippen LogP contribution < -0.4 is 4.74 Å². The number of ether oxygens (including phenoxy) is 1. The predicted octanol–water partition coefficient (Wildman–Crippen LogP) is 3.87. The van der Waals surface area contributed by atoms with E-state index in [1.165, 1.54) is 0 Å². The van der Waals surface area contributed by atoms with E-state index >= 15 is 0 Å². The van der Waals surface area contributed by atoms with Crippen LogP contribution >= 0.6 is 15.9 Å². The average Bonchev–Trinajstić information content (AvgIpc) is 2.78. The minimum absolute atomic E-state index is 0.443. The van der Waals surface area contributed by atoms with Gasteiger partial charge < -0.3 is 4.74 Å². The Morgan fingerprint density at radius 1 is 1.39 bits per heavy atom. The maximum absolute atomic E-state index is 10.8. The Labute approximate surface area is 115 Å². The summed E-state index contributed by atoms with van der Waals surface area (Å²) in [5.74, 6) is 0.779. The summed E-state index contributed by atoms with van der Waals surface area (Å²) in [5.41, 5.74) is 1.68. The summed E-state index contributed by atoms with van der Waals surface area (Å²) in [4.78, 5) is 14.9. The number of hydrogen-bond donors (Lipinski definition) is 0. The van der Waals surface area contributed by atoms with Gasteiger partial charge in [0.15, 0.2) is 0 Å². The van der Waals surface area contributed by atoms with Gasteiger partial charge in [0.05, 0.1) is 11.6 Å². The van der Waals surface area contributed by atoms with Crippen LogP contribution in [0.5, 0.6) is 5.75 Å². The second kappa shape index (κ2) is 5.25. The van der Waals surface area contributed by atoms with Crippen molar-refractivity contribution in [2.75, 3.05) is 7.11 Å². The number of aryl methyl sites for hydroxylation is 1. The first-order chi connectivity index (χ1) is 8.63. The molecule has 96 valence electrons. The molecule has 0 heterocycles. The predicted molar refractivity (Wildman–Crippen MR) is 73.7 cm³/mol. The number of isocyanates is 1. The van der Waals surface area contributed by atoms with Gasteiger partial charge in [0.1, 0.15) is 11.3 Å². The van der Waals surface area contributed by atoms with Gasteiger partial charge in [-0.25, -0.2) is 4.79 Å². The summed E-state index contributed by atoms with van der Waals surface area (Å²) in [5, 5.41) is 0. The van der Waals surface area contributed by atoms with Gasteiger partial charge >= 0.3 is 0 Å². The van der Waals surface area contributed by atoms with Crippen molar-refractivity contribution in [2.24, 2.45) is 4.99 Å². The van der Waals surface area contributed by atoms with Crippen LogP contribution in [0.2, 0.25) is 0 Å². The standard InChI is InChI=1S/C14H16BrNO2/c1-10-7-11(13(18-2)12(15)8-10)14(16-9-17)5-3-4-6-14/h7-8H,3-6H2,1-2H3. The molecular weight excluding hydrogens is 294 g/mol. The van der Waals surface area contributed by atoms with E-state index in [-0.39, 0.29) is 0 Å². The van der Waals surface area contributed by atoms with Crippen molar-refractivity contribution >= 4 is 22.0 Å². The van der Waals surface area contributed by atoms with E-state index in [1.807, 2.05) is 13.0 Å². The minimum Gasteiger partial charge on any atom is -0.495 e. The van der Waals surface area contributed by atoms with Gasteiger partial charge in [0, 0.05) is 5.56 Å². The van der Waals surface area contributed by atoms with E-state index in [4.69, 9.17) is 4.74 Å². The Morgan fingerprint density at radius 3 is 2.61 bits per heavy atom. The Kier molecular flexibility index (Phi) is 3.88. The molecular formula is C14H16BrNO2. The number of halogens is 1. The van der Waals surface area contributed by atoms with Gasteiger partial charge in [-0.15, -0.1) is 0 Å². The summed E-state index contributed by atoms with van der Waals surface area (Å²) in [6.07, 6.45) is 5.68. The van der Waals surface area contributed by atoms with Gasteiger partial charge in [-0.2, -0.15) is 4.99 Å². The van der Waals surface area contributed by atoms with Crippen LogP contribution in [0, 0.1) is 6.92 Å². The lowest BCUT2D eigenvalue weighted by molar-refractivity contribution is 0.377. The highest BCUT2D eigenvalue weighted by molar-refractivity contribution is 9.10. The Hall–Kier alpha value is -1.12. The normalized spacial score (nSPS) is 17.3. The molecule has 0 saturated heterocycles. The zero-order valence-electron chi connectivity index (χ0n) is 10.6. The lowest BCUT2D eigenvalue weighted by atomic mass is 9.87. The quantitative estimate of drug-likeness (QED) is 0.628. The molecule has 3 nitrogen and oxygen atoms in total. The average molecular weight is 310 g/mol. The first kappa shape index (κ1) is 13.3. The maximum atomic E-state index is 10.8. The van der Waals surface area contributed by atoms with Crippen LogP contribution in [0.1, 0.15) is 36.8 Å². The molecule has 0 amide bonds. The molecule has 0 N–H and O–H groups in total. The second-order valence-corrected chi connectivity index (χ2v) is 5.62. The Balaban J connectivity index is 2.64. The van der Waals surface area contributed by atoms with Gasteiger partial charge in [-0.3, -0.25) is 0 Å². The first-order valence-corrected chi connectivity index (χ1v) is 6.86. The Morgan fingerprint density at radius 2 is 2.06 bits per heavy atom. The molecule has 2 rings (SSSR count). The van der Waals surface area contributed by atoms with E-state index in [0.29, 0.717) is 0 Å². The van der Waals surface area contributed by atoms with Gasteiger partial charge in [-0.1, -0.05) is 12.8 Å². The van der Waals surface area contributed by atoms with Gasteiger partial charge in [-0.05, 0) is 53.4 Å². The summed E-state index contributed by atoms with van der Waals surface area (Å²) >= 11 is 3.52. The van der Waals surface area contributed by atoms with Gasteiger partial charge in [0.25, 0.3) is 0 Å². The molecule has 1 aromatic carbocycles. The molecule has 1 aliphatic carbocycles. The van der Waals surface area contributed by atoms with Crippen LogP contribution in [0.4, 0.5) is 0 Å². The molecule has 0 unspecified atom stereocenters. The summed E-state index contributed by atoms with van der Waals surface area (Å²) in [7, 11) is 1.65. The SMILES string of the molecule is COc1c(Br)cc(C)cc1C1(N=C=O)CCCC1. The van der Waals surface area contributed by atoms with Crippen LogP contribution in [0.25, 0.3) is 0 Å². The molecule has 1 aliphatic rings. The van der Waals surface area contributed by atoms with Crippen molar-refractivity contribution in [3.05, 3.63) is 27.7 Å². The zero-order valence-corrected chi connectivity index (χ0v) is 12.2. The Bertz CT molecular complexity index is 501. The minimum atomic E-state index is -0.443. The number of methoxy groups -OCH3 is 1. The maximum Gasteiger partial charge on any atom is 0.235 e. The van der Waals surface area contributed by atoms with Crippen molar-refractivity contribution in [3.63, 3.8) is 0 Å². The fourth-order valence-corrected chi connectivity index (χ4v) is 3.51. The van der Waals surface area contributed by atoms with E-state index in [2.05, 4.69) is 27.0 Å². The van der Waals surface area contributed by atoms with Crippen molar-refractivity contribution in [1.29, 1.82) is 0 Å². The molecule has 0 spiro atoms. The molecule has 1 fully saturated rings. The van der Waals surface area contributed by atoms with Crippen molar-refractivity contribution in [1.82, 2.24) is 0 Å². The van der Waals surface area contributed by atoms with Crippen LogP contribution in [-0.4, -0.2) is 13.2 Å². The van der Waals surface area contributed by atoms with Crippen molar-refractivity contribution in [3.8, 4) is 5.75 Å². The van der Waals surface area contributed by atoms with Crippen LogP contribution in [0.3, 0.4) is 0 Å². The molecule has 0 bridgehead atoms. The molecule has 4 heteroatoms. The molecule has 0 aliphatic heterocycles. The monoisotopic (exact) mass is 309 g/mol. The molecule has 0 atom stereocenters. The third-order valence-electron chi connectivity index (χ3n) is 3.58. The first-order valence-electron chi connectivity index (χ1n) is 6.06. The molecule has 0 radical (unpaired) electrons. The zero-order chi connectivity index (χ0) is 13.2.